The van der Waals surface area contributed by atoms with Gasteiger partial charge in [-0.05, 0) is 37.1 Å². The van der Waals surface area contributed by atoms with Crippen LogP contribution in [-0.4, -0.2) is 35.6 Å². The molecule has 0 amide bonds. The average Bonchev–Trinajstić information content (AvgIpc) is 2.63. The van der Waals surface area contributed by atoms with Crippen molar-refractivity contribution in [2.75, 3.05) is 19.6 Å². The largest absolute Gasteiger partial charge is 0.312 e. The average molecular weight is 265 g/mol. The van der Waals surface area contributed by atoms with Crippen LogP contribution in [0.5, 0.6) is 0 Å². The minimum Gasteiger partial charge on any atom is -0.312 e. The van der Waals surface area contributed by atoms with Crippen LogP contribution >= 0.6 is 0 Å². The maximum Gasteiger partial charge on any atom is 0.141 e. The lowest BCUT2D eigenvalue weighted by Crippen LogP contribution is -2.41. The van der Waals surface area contributed by atoms with E-state index in [1.807, 2.05) is 0 Å². The second kappa shape index (κ2) is 6.96. The van der Waals surface area contributed by atoms with Crippen molar-refractivity contribution in [3.63, 3.8) is 0 Å². The van der Waals surface area contributed by atoms with E-state index in [0.29, 0.717) is 12.0 Å². The summed E-state index contributed by atoms with van der Waals surface area (Å²) in [5.74, 6) is 0.426. The number of hydrogen-bond acceptors (Lipinski definition) is 3. The van der Waals surface area contributed by atoms with E-state index in [1.165, 1.54) is 12.6 Å². The lowest BCUT2D eigenvalue weighted by atomic mass is 9.99. The summed E-state index contributed by atoms with van der Waals surface area (Å²) in [6.45, 7) is 8.50. The molecule has 1 aromatic rings. The molecule has 2 heterocycles. The Balaban J connectivity index is 1.98. The Morgan fingerprint density at radius 3 is 3.11 bits per heavy atom. The van der Waals surface area contributed by atoms with Crippen molar-refractivity contribution in [3.8, 4) is 0 Å². The maximum atomic E-state index is 13.2. The number of nitrogens with zero attached hydrogens (tertiary/aromatic N) is 2. The standard InChI is InChI=1S/C15H24FN3/c1-3-12(2)15-11-19(6-4-5-18-15)10-13-7-14(16)9-17-8-13/h7-9,12,15,18H,3-6,10-11H2,1-2H3. The van der Waals surface area contributed by atoms with Crippen molar-refractivity contribution >= 4 is 0 Å². The molecule has 2 atom stereocenters. The SMILES string of the molecule is CCC(C)C1CN(Cc2cncc(F)c2)CCCN1. The number of hydrogen-bond donors (Lipinski definition) is 1. The molecule has 3 nitrogen and oxygen atoms in total. The van der Waals surface area contributed by atoms with E-state index in [1.54, 1.807) is 12.3 Å². The van der Waals surface area contributed by atoms with Gasteiger partial charge < -0.3 is 5.32 Å². The fraction of sp³-hybridized carbons (Fsp3) is 0.667. The van der Waals surface area contributed by atoms with Gasteiger partial charge >= 0.3 is 0 Å². The van der Waals surface area contributed by atoms with Gasteiger partial charge in [-0.15, -0.1) is 0 Å². The molecule has 1 aliphatic rings. The van der Waals surface area contributed by atoms with Gasteiger partial charge in [0.2, 0.25) is 0 Å². The molecule has 1 aromatic heterocycles. The van der Waals surface area contributed by atoms with E-state index in [4.69, 9.17) is 0 Å². The van der Waals surface area contributed by atoms with Crippen molar-refractivity contribution in [2.24, 2.45) is 5.92 Å². The summed E-state index contributed by atoms with van der Waals surface area (Å²) in [5, 5.41) is 3.63. The van der Waals surface area contributed by atoms with Crippen LogP contribution in [0.1, 0.15) is 32.3 Å². The predicted molar refractivity (Wildman–Crippen MR) is 75.3 cm³/mol. The Kier molecular flexibility index (Phi) is 5.28. The first-order valence-electron chi connectivity index (χ1n) is 7.24. The third kappa shape index (κ3) is 4.25. The van der Waals surface area contributed by atoms with Crippen molar-refractivity contribution in [1.82, 2.24) is 15.2 Å². The highest BCUT2D eigenvalue weighted by molar-refractivity contribution is 5.10. The molecule has 1 fully saturated rings. The smallest absolute Gasteiger partial charge is 0.141 e. The van der Waals surface area contributed by atoms with Crippen molar-refractivity contribution in [2.45, 2.75) is 39.3 Å². The Labute approximate surface area is 115 Å². The highest BCUT2D eigenvalue weighted by Gasteiger charge is 2.21. The van der Waals surface area contributed by atoms with Gasteiger partial charge in [-0.3, -0.25) is 9.88 Å². The van der Waals surface area contributed by atoms with Gasteiger partial charge in [0.15, 0.2) is 0 Å². The molecule has 2 unspecified atom stereocenters. The number of pyridine rings is 1. The molecule has 0 spiro atoms. The summed E-state index contributed by atoms with van der Waals surface area (Å²) in [5.41, 5.74) is 0.963. The third-order valence-electron chi connectivity index (χ3n) is 4.01. The van der Waals surface area contributed by atoms with Crippen LogP contribution in [0.2, 0.25) is 0 Å². The van der Waals surface area contributed by atoms with E-state index in [2.05, 4.69) is 29.0 Å². The second-order valence-corrected chi connectivity index (χ2v) is 5.55. The van der Waals surface area contributed by atoms with Crippen LogP contribution in [-0.2, 0) is 6.54 Å². The van der Waals surface area contributed by atoms with Crippen LogP contribution in [0.4, 0.5) is 4.39 Å². The van der Waals surface area contributed by atoms with E-state index in [-0.39, 0.29) is 5.82 Å². The van der Waals surface area contributed by atoms with Crippen molar-refractivity contribution in [3.05, 3.63) is 29.8 Å². The lowest BCUT2D eigenvalue weighted by Gasteiger charge is -2.28. The minimum absolute atomic E-state index is 0.246. The van der Waals surface area contributed by atoms with E-state index in [0.717, 1.165) is 38.2 Å². The molecule has 1 aliphatic heterocycles. The van der Waals surface area contributed by atoms with E-state index >= 15 is 0 Å². The number of nitrogens with one attached hydrogen (secondary N) is 1. The Hall–Kier alpha value is -1.00. The fourth-order valence-electron chi connectivity index (χ4n) is 2.63. The number of rotatable bonds is 4. The third-order valence-corrected chi connectivity index (χ3v) is 4.01. The minimum atomic E-state index is -0.246. The summed E-state index contributed by atoms with van der Waals surface area (Å²) >= 11 is 0. The van der Waals surface area contributed by atoms with E-state index in [9.17, 15) is 4.39 Å². The molecule has 19 heavy (non-hydrogen) atoms. The molecule has 2 rings (SSSR count). The number of aromatic nitrogens is 1. The van der Waals surface area contributed by atoms with Gasteiger partial charge in [-0.1, -0.05) is 20.3 Å². The summed E-state index contributed by atoms with van der Waals surface area (Å²) in [6.07, 6.45) is 5.36. The summed E-state index contributed by atoms with van der Waals surface area (Å²) in [6, 6.07) is 2.12. The molecule has 0 radical (unpaired) electrons. The first-order valence-corrected chi connectivity index (χ1v) is 7.24. The summed E-state index contributed by atoms with van der Waals surface area (Å²) < 4.78 is 13.2. The normalized spacial score (nSPS) is 23.0. The highest BCUT2D eigenvalue weighted by atomic mass is 19.1. The Morgan fingerprint density at radius 1 is 1.53 bits per heavy atom. The second-order valence-electron chi connectivity index (χ2n) is 5.55. The molecule has 4 heteroatoms. The highest BCUT2D eigenvalue weighted by Crippen LogP contribution is 2.14. The molecular weight excluding hydrogens is 241 g/mol. The maximum absolute atomic E-state index is 13.2. The Bertz CT molecular complexity index is 397. The zero-order valence-corrected chi connectivity index (χ0v) is 11.9. The van der Waals surface area contributed by atoms with E-state index < -0.39 is 0 Å². The first kappa shape index (κ1) is 14.4. The first-order chi connectivity index (χ1) is 9.19. The van der Waals surface area contributed by atoms with Gasteiger partial charge in [0.25, 0.3) is 0 Å². The van der Waals surface area contributed by atoms with Crippen LogP contribution in [0, 0.1) is 11.7 Å². The predicted octanol–water partition coefficient (Wildman–Crippen LogP) is 2.43. The van der Waals surface area contributed by atoms with Gasteiger partial charge in [0.1, 0.15) is 5.82 Å². The molecular formula is C15H24FN3. The topological polar surface area (TPSA) is 28.2 Å². The number of halogens is 1. The van der Waals surface area contributed by atoms with Crippen LogP contribution < -0.4 is 5.32 Å². The van der Waals surface area contributed by atoms with Crippen molar-refractivity contribution < 1.29 is 4.39 Å². The van der Waals surface area contributed by atoms with Crippen LogP contribution in [0.15, 0.2) is 18.5 Å². The quantitative estimate of drug-likeness (QED) is 0.906. The van der Waals surface area contributed by atoms with Gasteiger partial charge in [0.05, 0.1) is 6.20 Å². The lowest BCUT2D eigenvalue weighted by molar-refractivity contribution is 0.231. The molecule has 1 saturated heterocycles. The van der Waals surface area contributed by atoms with Crippen LogP contribution in [0.3, 0.4) is 0 Å². The van der Waals surface area contributed by atoms with Crippen LogP contribution in [0.25, 0.3) is 0 Å². The van der Waals surface area contributed by atoms with Gasteiger partial charge in [-0.2, -0.15) is 0 Å². The summed E-state index contributed by atoms with van der Waals surface area (Å²) in [4.78, 5) is 6.34. The molecule has 1 N–H and O–H groups in total. The van der Waals surface area contributed by atoms with Crippen molar-refractivity contribution in [1.29, 1.82) is 0 Å². The zero-order valence-electron chi connectivity index (χ0n) is 11.9. The van der Waals surface area contributed by atoms with Gasteiger partial charge in [-0.25, -0.2) is 4.39 Å². The molecule has 0 aliphatic carbocycles. The molecule has 0 saturated carbocycles. The Morgan fingerprint density at radius 2 is 2.37 bits per heavy atom. The molecule has 0 aromatic carbocycles. The zero-order chi connectivity index (χ0) is 13.7. The molecule has 0 bridgehead atoms. The fourth-order valence-corrected chi connectivity index (χ4v) is 2.63. The monoisotopic (exact) mass is 265 g/mol. The van der Waals surface area contributed by atoms with Gasteiger partial charge in [0, 0.05) is 25.3 Å². The summed E-state index contributed by atoms with van der Waals surface area (Å²) in [7, 11) is 0. The molecule has 106 valence electrons.